The first-order valence-corrected chi connectivity index (χ1v) is 8.21. The number of methoxy groups -OCH3 is 1. The quantitative estimate of drug-likeness (QED) is 0.719. The molecule has 2 aromatic carbocycles. The Kier molecular flexibility index (Phi) is 6.47. The maximum absolute atomic E-state index is 12.0. The van der Waals surface area contributed by atoms with Crippen molar-refractivity contribution < 1.29 is 14.3 Å². The molecule has 0 heterocycles. The second-order valence-electron chi connectivity index (χ2n) is 5.13. The number of aryl methyl sites for hydroxylation is 1. The Bertz CT molecular complexity index is 673. The Morgan fingerprint density at radius 1 is 1.17 bits per heavy atom. The number of carbonyl (C=O) groups is 1. The molecule has 0 aromatic heterocycles. The molecule has 0 saturated carbocycles. The second-order valence-corrected chi connectivity index (χ2v) is 5.99. The summed E-state index contributed by atoms with van der Waals surface area (Å²) in [6.45, 7) is 2.51. The molecule has 5 heteroatoms. The summed E-state index contributed by atoms with van der Waals surface area (Å²) in [5, 5.41) is 2.85. The fourth-order valence-corrected chi connectivity index (χ4v) is 2.71. The zero-order valence-corrected chi connectivity index (χ0v) is 14.9. The summed E-state index contributed by atoms with van der Waals surface area (Å²) in [7, 11) is 1.58. The Morgan fingerprint density at radius 2 is 1.96 bits per heavy atom. The van der Waals surface area contributed by atoms with E-state index in [9.17, 15) is 4.79 Å². The maximum Gasteiger partial charge on any atom is 0.224 e. The highest BCUT2D eigenvalue weighted by Crippen LogP contribution is 2.26. The molecular formula is C18H20BrNO3. The molecule has 122 valence electrons. The zero-order valence-electron chi connectivity index (χ0n) is 13.3. The van der Waals surface area contributed by atoms with Gasteiger partial charge in [-0.3, -0.25) is 4.79 Å². The Balaban J connectivity index is 1.76. The van der Waals surface area contributed by atoms with Crippen molar-refractivity contribution in [1.82, 2.24) is 0 Å². The zero-order chi connectivity index (χ0) is 16.7. The van der Waals surface area contributed by atoms with Crippen LogP contribution in [-0.2, 0) is 4.79 Å². The van der Waals surface area contributed by atoms with E-state index < -0.39 is 0 Å². The van der Waals surface area contributed by atoms with Gasteiger partial charge < -0.3 is 14.8 Å². The average molecular weight is 378 g/mol. The summed E-state index contributed by atoms with van der Waals surface area (Å²) in [6.07, 6.45) is 1.03. The first kappa shape index (κ1) is 17.3. The van der Waals surface area contributed by atoms with E-state index in [1.165, 1.54) is 5.56 Å². The fraction of sp³-hybridized carbons (Fsp3) is 0.278. The van der Waals surface area contributed by atoms with Crippen molar-refractivity contribution >= 4 is 27.5 Å². The van der Waals surface area contributed by atoms with Gasteiger partial charge in [0.25, 0.3) is 0 Å². The molecule has 2 aromatic rings. The molecule has 0 saturated heterocycles. The number of halogens is 1. The normalized spacial score (nSPS) is 10.2. The predicted molar refractivity (Wildman–Crippen MR) is 95.2 cm³/mol. The Hall–Kier alpha value is -2.01. The van der Waals surface area contributed by atoms with Crippen molar-refractivity contribution in [2.24, 2.45) is 0 Å². The van der Waals surface area contributed by atoms with Crippen LogP contribution in [0.3, 0.4) is 0 Å². The third kappa shape index (κ3) is 5.28. The van der Waals surface area contributed by atoms with Crippen LogP contribution >= 0.6 is 15.9 Å². The molecule has 1 N–H and O–H groups in total. The lowest BCUT2D eigenvalue weighted by molar-refractivity contribution is -0.116. The van der Waals surface area contributed by atoms with Crippen molar-refractivity contribution in [3.63, 3.8) is 0 Å². The number of nitrogens with one attached hydrogen (secondary N) is 1. The maximum atomic E-state index is 12.0. The van der Waals surface area contributed by atoms with E-state index in [0.29, 0.717) is 30.9 Å². The van der Waals surface area contributed by atoms with Crippen LogP contribution in [0.1, 0.15) is 18.4 Å². The van der Waals surface area contributed by atoms with Gasteiger partial charge in [-0.15, -0.1) is 0 Å². The molecule has 4 nitrogen and oxygen atoms in total. The van der Waals surface area contributed by atoms with Crippen LogP contribution in [0.15, 0.2) is 46.9 Å². The lowest BCUT2D eigenvalue weighted by Crippen LogP contribution is -2.13. The number of carbonyl (C=O) groups excluding carboxylic acids is 1. The first-order chi connectivity index (χ1) is 11.1. The topological polar surface area (TPSA) is 47.6 Å². The SMILES string of the molecule is COc1ccccc1NC(=O)CCCOc1ccc(C)cc1Br. The highest BCUT2D eigenvalue weighted by Gasteiger charge is 2.07. The fourth-order valence-electron chi connectivity index (χ4n) is 2.10. The Morgan fingerprint density at radius 3 is 2.70 bits per heavy atom. The third-order valence-electron chi connectivity index (χ3n) is 3.27. The number of hydrogen-bond donors (Lipinski definition) is 1. The lowest BCUT2D eigenvalue weighted by Gasteiger charge is -2.11. The number of para-hydroxylation sites is 2. The van der Waals surface area contributed by atoms with Gasteiger partial charge in [-0.25, -0.2) is 0 Å². The van der Waals surface area contributed by atoms with E-state index in [1.54, 1.807) is 7.11 Å². The van der Waals surface area contributed by atoms with Crippen LogP contribution in [0.4, 0.5) is 5.69 Å². The van der Waals surface area contributed by atoms with E-state index in [4.69, 9.17) is 9.47 Å². The number of ether oxygens (including phenoxy) is 2. The summed E-state index contributed by atoms with van der Waals surface area (Å²) in [4.78, 5) is 12.0. The smallest absolute Gasteiger partial charge is 0.224 e. The third-order valence-corrected chi connectivity index (χ3v) is 3.89. The van der Waals surface area contributed by atoms with Crippen LogP contribution < -0.4 is 14.8 Å². The van der Waals surface area contributed by atoms with Crippen LogP contribution in [0.5, 0.6) is 11.5 Å². The highest BCUT2D eigenvalue weighted by molar-refractivity contribution is 9.10. The van der Waals surface area contributed by atoms with Crippen molar-refractivity contribution in [3.05, 3.63) is 52.5 Å². The summed E-state index contributed by atoms with van der Waals surface area (Å²) in [5.41, 5.74) is 1.85. The summed E-state index contributed by atoms with van der Waals surface area (Å²) in [6, 6.07) is 13.3. The molecule has 0 atom stereocenters. The van der Waals surface area contributed by atoms with Gasteiger partial charge in [0.2, 0.25) is 5.91 Å². The summed E-state index contributed by atoms with van der Waals surface area (Å²) >= 11 is 3.47. The van der Waals surface area contributed by atoms with E-state index in [0.717, 1.165) is 10.2 Å². The highest BCUT2D eigenvalue weighted by atomic mass is 79.9. The molecule has 0 radical (unpaired) electrons. The molecule has 0 spiro atoms. The molecule has 0 bridgehead atoms. The van der Waals surface area contributed by atoms with E-state index in [-0.39, 0.29) is 5.91 Å². The minimum atomic E-state index is -0.0546. The summed E-state index contributed by atoms with van der Waals surface area (Å²) in [5.74, 6) is 1.39. The largest absolute Gasteiger partial charge is 0.495 e. The number of benzene rings is 2. The molecule has 0 fully saturated rings. The van der Waals surface area contributed by atoms with Crippen molar-refractivity contribution in [3.8, 4) is 11.5 Å². The predicted octanol–water partition coefficient (Wildman–Crippen LogP) is 4.56. The van der Waals surface area contributed by atoms with Gasteiger partial charge in [-0.05, 0) is 59.1 Å². The van der Waals surface area contributed by atoms with Crippen LogP contribution in [0, 0.1) is 6.92 Å². The molecule has 23 heavy (non-hydrogen) atoms. The number of hydrogen-bond acceptors (Lipinski definition) is 3. The molecule has 0 unspecified atom stereocenters. The van der Waals surface area contributed by atoms with Gasteiger partial charge in [0.1, 0.15) is 11.5 Å². The number of amides is 1. The van der Waals surface area contributed by atoms with E-state index in [1.807, 2.05) is 49.4 Å². The van der Waals surface area contributed by atoms with Gasteiger partial charge in [-0.2, -0.15) is 0 Å². The first-order valence-electron chi connectivity index (χ1n) is 7.42. The van der Waals surface area contributed by atoms with Gasteiger partial charge in [0.15, 0.2) is 0 Å². The van der Waals surface area contributed by atoms with Crippen LogP contribution in [-0.4, -0.2) is 19.6 Å². The van der Waals surface area contributed by atoms with Gasteiger partial charge in [0, 0.05) is 6.42 Å². The van der Waals surface area contributed by atoms with Crippen molar-refractivity contribution in [2.75, 3.05) is 19.0 Å². The minimum absolute atomic E-state index is 0.0546. The standard InChI is InChI=1S/C18H20BrNO3/c1-13-9-10-16(14(19)12-13)23-11-5-8-18(21)20-15-6-3-4-7-17(15)22-2/h3-4,6-7,9-10,12H,5,8,11H2,1-2H3,(H,20,21). The van der Waals surface area contributed by atoms with Crippen LogP contribution in [0.2, 0.25) is 0 Å². The van der Waals surface area contributed by atoms with Crippen molar-refractivity contribution in [1.29, 1.82) is 0 Å². The molecule has 1 amide bonds. The van der Waals surface area contributed by atoms with Crippen LogP contribution in [0.25, 0.3) is 0 Å². The molecule has 0 aliphatic rings. The Labute approximate surface area is 144 Å². The van der Waals surface area contributed by atoms with Gasteiger partial charge in [0.05, 0.1) is 23.9 Å². The lowest BCUT2D eigenvalue weighted by atomic mass is 10.2. The molecular weight excluding hydrogens is 358 g/mol. The number of rotatable bonds is 7. The monoisotopic (exact) mass is 377 g/mol. The molecule has 0 aliphatic heterocycles. The molecule has 2 rings (SSSR count). The number of anilines is 1. The van der Waals surface area contributed by atoms with E-state index >= 15 is 0 Å². The summed E-state index contributed by atoms with van der Waals surface area (Å²) < 4.78 is 11.8. The van der Waals surface area contributed by atoms with Gasteiger partial charge in [-0.1, -0.05) is 18.2 Å². The van der Waals surface area contributed by atoms with E-state index in [2.05, 4.69) is 21.2 Å². The second kappa shape index (κ2) is 8.58. The minimum Gasteiger partial charge on any atom is -0.495 e. The average Bonchev–Trinajstić information content (AvgIpc) is 2.53. The van der Waals surface area contributed by atoms with Gasteiger partial charge >= 0.3 is 0 Å². The molecule has 0 aliphatic carbocycles. The van der Waals surface area contributed by atoms with Crippen molar-refractivity contribution in [2.45, 2.75) is 19.8 Å².